The van der Waals surface area contributed by atoms with E-state index in [0.717, 1.165) is 99.3 Å². The quantitative estimate of drug-likeness (QED) is 0.263. The predicted octanol–water partition coefficient (Wildman–Crippen LogP) is 5.00. The molecule has 4 heterocycles. The van der Waals surface area contributed by atoms with Crippen molar-refractivity contribution < 1.29 is 27.0 Å². The number of benzene rings is 1. The van der Waals surface area contributed by atoms with Gasteiger partial charge in [0.2, 0.25) is 5.95 Å². The van der Waals surface area contributed by atoms with Crippen LogP contribution in [0.2, 0.25) is 0 Å². The number of amides is 2. The lowest BCUT2D eigenvalue weighted by atomic mass is 9.61. The molecule has 4 aliphatic rings. The van der Waals surface area contributed by atoms with Gasteiger partial charge in [0.15, 0.2) is 5.82 Å². The molecule has 3 fully saturated rings. The molecule has 2 amide bonds. The van der Waals surface area contributed by atoms with Crippen molar-refractivity contribution in [3.63, 3.8) is 0 Å². The number of carbonyl (C=O) groups is 2. The van der Waals surface area contributed by atoms with Gasteiger partial charge in [0.25, 0.3) is 0 Å². The van der Waals surface area contributed by atoms with E-state index in [0.29, 0.717) is 17.7 Å². The molecule has 3 aromatic rings. The first-order chi connectivity index (χ1) is 24.9. The van der Waals surface area contributed by atoms with E-state index in [1.54, 1.807) is 11.7 Å². The van der Waals surface area contributed by atoms with Crippen LogP contribution >= 0.6 is 0 Å². The van der Waals surface area contributed by atoms with Gasteiger partial charge in [0.1, 0.15) is 17.3 Å². The highest BCUT2D eigenvalue weighted by Crippen LogP contribution is 2.50. The number of hydrogen-bond acceptors (Lipinski definition) is 8. The monoisotopic (exact) mass is 739 g/mol. The lowest BCUT2D eigenvalue weighted by Crippen LogP contribution is -2.65. The van der Waals surface area contributed by atoms with Gasteiger partial charge >= 0.3 is 12.2 Å². The molecular weight excluding hydrogens is 696 g/mol. The Balaban J connectivity index is 0.883. The van der Waals surface area contributed by atoms with Crippen molar-refractivity contribution in [1.29, 1.82) is 0 Å². The van der Waals surface area contributed by atoms with E-state index in [4.69, 9.17) is 0 Å². The fraction of sp³-hybridized carbons (Fsp3) is 0.528. The Morgan fingerprint density at radius 3 is 2.56 bits per heavy atom. The third kappa shape index (κ3) is 7.51. The first-order valence-corrected chi connectivity index (χ1v) is 18.9. The average molecular weight is 740 g/mol. The number of aryl methyl sites for hydroxylation is 1. The van der Waals surface area contributed by atoms with Crippen LogP contribution in [-0.4, -0.2) is 97.8 Å². The van der Waals surface area contributed by atoms with Gasteiger partial charge in [0.05, 0.1) is 16.0 Å². The fourth-order valence-corrected chi connectivity index (χ4v) is 9.72. The molecule has 2 aliphatic heterocycles. The van der Waals surface area contributed by atoms with Crippen LogP contribution in [0.5, 0.6) is 0 Å². The number of anilines is 2. The summed E-state index contributed by atoms with van der Waals surface area (Å²) in [6.45, 7) is 4.58. The summed E-state index contributed by atoms with van der Waals surface area (Å²) in [6, 6.07) is 6.14. The highest BCUT2D eigenvalue weighted by Gasteiger charge is 2.54. The number of aldehydes is 1. The van der Waals surface area contributed by atoms with Crippen LogP contribution < -0.4 is 15.5 Å². The molecule has 2 unspecified atom stereocenters. The standard InChI is InChI=1S/C36H44F3N9O3S/c1-40-34(50)48(11-4-14-49)32-30-8-7-26(16-31(30)45(2)44-32)25-9-12-46(13-10-25)21-24-5-3-6-29(15-24)52(51)47-22-35(23-47)17-28(18-35)43-33-41-19-27(20-42-33)36(37,38)39/h3,6-8,14-16,19-20,24-25,28H,4-5,9-13,17-18,21-23H2,1-2H3,(H,40,50)(H,41,42,43). The Kier molecular flexibility index (Phi) is 10.2. The third-order valence-electron chi connectivity index (χ3n) is 10.8. The second-order valence-electron chi connectivity index (χ2n) is 14.5. The van der Waals surface area contributed by atoms with Gasteiger partial charge in [-0.3, -0.25) is 9.58 Å². The van der Waals surface area contributed by atoms with E-state index in [1.807, 2.05) is 23.5 Å². The molecule has 0 bridgehead atoms. The van der Waals surface area contributed by atoms with Crippen molar-refractivity contribution in [2.75, 3.05) is 56.5 Å². The minimum absolute atomic E-state index is 0.0779. The van der Waals surface area contributed by atoms with Crippen LogP contribution in [0.3, 0.4) is 0 Å². The molecule has 1 spiro atoms. The number of urea groups is 1. The fourth-order valence-electron chi connectivity index (χ4n) is 8.11. The van der Waals surface area contributed by atoms with Gasteiger partial charge in [0, 0.05) is 75.9 Å². The Hall–Kier alpha value is -4.15. The number of hydrogen-bond donors (Lipinski definition) is 2. The van der Waals surface area contributed by atoms with Gasteiger partial charge in [-0.1, -0.05) is 18.2 Å². The number of nitrogens with one attached hydrogen (secondary N) is 2. The van der Waals surface area contributed by atoms with E-state index >= 15 is 0 Å². The summed E-state index contributed by atoms with van der Waals surface area (Å²) in [7, 11) is 2.21. The van der Waals surface area contributed by atoms with Gasteiger partial charge in [-0.25, -0.2) is 23.3 Å². The van der Waals surface area contributed by atoms with Gasteiger partial charge in [-0.15, -0.1) is 0 Å². The lowest BCUT2D eigenvalue weighted by molar-refractivity contribution is -0.138. The summed E-state index contributed by atoms with van der Waals surface area (Å²) in [5.41, 5.74) is 1.42. The Bertz CT molecular complexity index is 1870. The number of aromatic nitrogens is 4. The van der Waals surface area contributed by atoms with Gasteiger partial charge in [-0.2, -0.15) is 18.3 Å². The molecule has 278 valence electrons. The Morgan fingerprint density at radius 2 is 1.88 bits per heavy atom. The number of rotatable bonds is 11. The molecule has 2 N–H and O–H groups in total. The molecule has 1 aromatic carbocycles. The highest BCUT2D eigenvalue weighted by molar-refractivity contribution is 7.87. The smallest absolute Gasteiger partial charge is 0.351 e. The number of likely N-dealkylation sites (tertiary alicyclic amines) is 1. The first kappa shape index (κ1) is 36.2. The van der Waals surface area contributed by atoms with E-state index in [9.17, 15) is 27.0 Å². The summed E-state index contributed by atoms with van der Waals surface area (Å²) in [6.07, 6.45) is 9.13. The van der Waals surface area contributed by atoms with Crippen LogP contribution in [0.15, 0.2) is 53.7 Å². The van der Waals surface area contributed by atoms with Gasteiger partial charge in [-0.05, 0) is 80.8 Å². The number of allylic oxidation sites excluding steroid dienone is 2. The maximum absolute atomic E-state index is 13.5. The highest BCUT2D eigenvalue weighted by atomic mass is 32.2. The molecule has 2 aromatic heterocycles. The van der Waals surface area contributed by atoms with Crippen LogP contribution in [0, 0.1) is 11.3 Å². The first-order valence-electron chi connectivity index (χ1n) is 17.8. The van der Waals surface area contributed by atoms with Crippen LogP contribution in [0.4, 0.5) is 29.7 Å². The Labute approximate surface area is 303 Å². The maximum atomic E-state index is 13.5. The zero-order valence-corrected chi connectivity index (χ0v) is 30.1. The second-order valence-corrected chi connectivity index (χ2v) is 16.0. The van der Waals surface area contributed by atoms with Gasteiger partial charge < -0.3 is 20.3 Å². The minimum atomic E-state index is -4.46. The second kappa shape index (κ2) is 14.7. The average Bonchev–Trinajstić information content (AvgIpc) is 3.43. The van der Waals surface area contributed by atoms with Crippen LogP contribution in [-0.2, 0) is 29.0 Å². The van der Waals surface area contributed by atoms with E-state index in [1.165, 1.54) is 10.5 Å². The number of piperidine rings is 1. The molecule has 0 radical (unpaired) electrons. The number of carbonyl (C=O) groups excluding carboxylic acids is 2. The topological polar surface area (TPSA) is 129 Å². The van der Waals surface area contributed by atoms with Crippen molar-refractivity contribution in [3.8, 4) is 0 Å². The van der Waals surface area contributed by atoms with Crippen molar-refractivity contribution in [2.24, 2.45) is 18.4 Å². The number of alkyl halides is 3. The number of fused-ring (bicyclic) bond motifs is 1. The van der Waals surface area contributed by atoms with Crippen molar-refractivity contribution in [1.82, 2.24) is 34.3 Å². The summed E-state index contributed by atoms with van der Waals surface area (Å²) >= 11 is 0. The molecule has 2 aliphatic carbocycles. The van der Waals surface area contributed by atoms with E-state index in [-0.39, 0.29) is 36.4 Å². The molecular formula is C36H44F3N9O3S. The van der Waals surface area contributed by atoms with Crippen molar-refractivity contribution in [3.05, 3.63) is 64.9 Å². The maximum Gasteiger partial charge on any atom is 0.419 e. The predicted molar refractivity (Wildman–Crippen MR) is 193 cm³/mol. The minimum Gasteiger partial charge on any atom is -0.351 e. The van der Waals surface area contributed by atoms with Crippen LogP contribution in [0.25, 0.3) is 10.9 Å². The number of nitrogens with zero attached hydrogens (tertiary/aromatic N) is 7. The molecule has 16 heteroatoms. The molecule has 7 rings (SSSR count). The summed E-state index contributed by atoms with van der Waals surface area (Å²) in [4.78, 5) is 36.1. The molecule has 2 saturated heterocycles. The molecule has 52 heavy (non-hydrogen) atoms. The zero-order chi connectivity index (χ0) is 36.6. The van der Waals surface area contributed by atoms with E-state index < -0.39 is 22.7 Å². The number of halogens is 3. The largest absolute Gasteiger partial charge is 0.419 e. The molecule has 12 nitrogen and oxygen atoms in total. The summed E-state index contributed by atoms with van der Waals surface area (Å²) in [5.74, 6) is 1.45. The van der Waals surface area contributed by atoms with E-state index in [2.05, 4.69) is 54.9 Å². The zero-order valence-electron chi connectivity index (χ0n) is 29.3. The summed E-state index contributed by atoms with van der Waals surface area (Å²) < 4.78 is 55.7. The molecule has 2 atom stereocenters. The van der Waals surface area contributed by atoms with Crippen LogP contribution in [0.1, 0.15) is 55.6 Å². The normalized spacial score (nSPS) is 21.7. The molecule has 1 saturated carbocycles. The summed E-state index contributed by atoms with van der Waals surface area (Å²) in [5, 5.41) is 11.3. The van der Waals surface area contributed by atoms with Crippen molar-refractivity contribution in [2.45, 2.75) is 56.7 Å². The SMILES string of the molecule is CNC(=O)N(CCC=O)c1nn(C)c2cc(C3CCN(CC4C=C(S(=O)N5CC6(CC(Nc7ncc(C(F)(F)F)cn7)C6)C5)C=CC4)CC3)ccc12. The van der Waals surface area contributed by atoms with Crippen molar-refractivity contribution >= 4 is 46.0 Å². The Morgan fingerprint density at radius 1 is 1.15 bits per heavy atom. The third-order valence-corrected chi connectivity index (χ3v) is 12.2. The lowest BCUT2D eigenvalue weighted by Gasteiger charge is -2.58.